The van der Waals surface area contributed by atoms with Crippen molar-refractivity contribution in [3.05, 3.63) is 102 Å². The van der Waals surface area contributed by atoms with Crippen molar-refractivity contribution in [2.45, 2.75) is 18.9 Å². The van der Waals surface area contributed by atoms with Crippen LogP contribution in [0.4, 0.5) is 5.82 Å². The second kappa shape index (κ2) is 11.3. The summed E-state index contributed by atoms with van der Waals surface area (Å²) in [5, 5.41) is 19.2. The van der Waals surface area contributed by atoms with Gasteiger partial charge in [-0.1, -0.05) is 49.4 Å². The highest BCUT2D eigenvalue weighted by atomic mass is 32.1. The molecule has 1 amide bonds. The number of benzene rings is 2. The molecule has 4 aromatic rings. The molecule has 2 aromatic carbocycles. The Morgan fingerprint density at radius 3 is 2.46 bits per heavy atom. The Morgan fingerprint density at radius 2 is 1.83 bits per heavy atom. The molecule has 2 heterocycles. The Morgan fingerprint density at radius 1 is 1.06 bits per heavy atom. The van der Waals surface area contributed by atoms with Gasteiger partial charge in [0.1, 0.15) is 17.6 Å². The van der Waals surface area contributed by atoms with Crippen LogP contribution in [-0.4, -0.2) is 26.6 Å². The zero-order valence-corrected chi connectivity index (χ0v) is 19.9. The number of rotatable bonds is 9. The molecule has 35 heavy (non-hydrogen) atoms. The number of hydrogen-bond donors (Lipinski definition) is 3. The lowest BCUT2D eigenvalue weighted by atomic mass is 9.98. The van der Waals surface area contributed by atoms with Crippen LogP contribution >= 0.6 is 12.8 Å². The lowest BCUT2D eigenvalue weighted by Gasteiger charge is -2.21. The van der Waals surface area contributed by atoms with Crippen molar-refractivity contribution in [2.24, 2.45) is 0 Å². The number of pyridine rings is 1. The van der Waals surface area contributed by atoms with Crippen LogP contribution in [0.2, 0.25) is 0 Å². The molecule has 0 saturated carbocycles. The van der Waals surface area contributed by atoms with Gasteiger partial charge in [0.15, 0.2) is 5.75 Å². The van der Waals surface area contributed by atoms with Gasteiger partial charge in [0.2, 0.25) is 5.91 Å². The van der Waals surface area contributed by atoms with Crippen molar-refractivity contribution in [3.8, 4) is 17.6 Å². The van der Waals surface area contributed by atoms with E-state index in [1.807, 2.05) is 42.5 Å². The molecule has 0 spiro atoms. The maximum atomic E-state index is 13.2. The molecule has 0 saturated heterocycles. The van der Waals surface area contributed by atoms with E-state index in [0.29, 0.717) is 29.4 Å². The molecule has 0 bridgehead atoms. The molecule has 0 aliphatic carbocycles. The van der Waals surface area contributed by atoms with Crippen LogP contribution in [0.15, 0.2) is 85.3 Å². The van der Waals surface area contributed by atoms with Gasteiger partial charge in [-0.15, -0.1) is 0 Å². The average Bonchev–Trinajstić information content (AvgIpc) is 3.30. The van der Waals surface area contributed by atoms with E-state index >= 15 is 0 Å². The van der Waals surface area contributed by atoms with E-state index in [-0.39, 0.29) is 11.8 Å². The van der Waals surface area contributed by atoms with Gasteiger partial charge in [0.05, 0.1) is 30.2 Å². The number of ether oxygens (including phenoxy) is 1. The van der Waals surface area contributed by atoms with Gasteiger partial charge in [0.25, 0.3) is 0 Å². The number of nitrogens with zero attached hydrogens (tertiary/aromatic N) is 4. The second-order valence-corrected chi connectivity index (χ2v) is 8.36. The Balaban J connectivity index is 1.42. The summed E-state index contributed by atoms with van der Waals surface area (Å²) in [4.78, 5) is 17.5. The van der Waals surface area contributed by atoms with Crippen molar-refractivity contribution in [1.29, 1.82) is 5.26 Å². The summed E-state index contributed by atoms with van der Waals surface area (Å²) in [6.07, 6.45) is 4.69. The highest BCUT2D eigenvalue weighted by molar-refractivity contribution is 7.78. The molecule has 4 rings (SSSR count). The third-order valence-electron chi connectivity index (χ3n) is 5.40. The van der Waals surface area contributed by atoms with E-state index in [0.717, 1.165) is 11.1 Å². The van der Waals surface area contributed by atoms with Crippen molar-refractivity contribution in [1.82, 2.24) is 19.5 Å². The normalized spacial score (nSPS) is 12.4. The lowest BCUT2D eigenvalue weighted by Crippen LogP contribution is -2.35. The number of nitriles is 1. The zero-order valence-electron chi connectivity index (χ0n) is 19.0. The van der Waals surface area contributed by atoms with Gasteiger partial charge < -0.3 is 15.4 Å². The minimum absolute atomic E-state index is 0.137. The van der Waals surface area contributed by atoms with Gasteiger partial charge in [-0.2, -0.15) is 10.4 Å². The fourth-order valence-corrected chi connectivity index (χ4v) is 3.67. The summed E-state index contributed by atoms with van der Waals surface area (Å²) in [6.45, 7) is 2.64. The number of nitrogens with one attached hydrogen (secondary N) is 2. The summed E-state index contributed by atoms with van der Waals surface area (Å²) >= 11 is 4.08. The van der Waals surface area contributed by atoms with Crippen LogP contribution in [0.5, 0.6) is 11.5 Å². The molecule has 2 N–H and O–H groups in total. The van der Waals surface area contributed by atoms with Crippen molar-refractivity contribution in [2.75, 3.05) is 11.9 Å². The van der Waals surface area contributed by atoms with E-state index < -0.39 is 6.04 Å². The Hall–Kier alpha value is -4.13. The van der Waals surface area contributed by atoms with E-state index in [9.17, 15) is 4.79 Å². The summed E-state index contributed by atoms with van der Waals surface area (Å²) < 4.78 is 7.00. The largest absolute Gasteiger partial charge is 0.452 e. The van der Waals surface area contributed by atoms with Crippen molar-refractivity contribution < 1.29 is 9.53 Å². The maximum Gasteiger partial charge on any atom is 0.247 e. The molecule has 9 heteroatoms. The van der Waals surface area contributed by atoms with Crippen LogP contribution in [-0.2, 0) is 4.79 Å². The highest BCUT2D eigenvalue weighted by Crippen LogP contribution is 2.23. The molecule has 2 unspecified atom stereocenters. The maximum absolute atomic E-state index is 13.2. The molecule has 0 fully saturated rings. The van der Waals surface area contributed by atoms with Gasteiger partial charge in [-0.25, -0.2) is 9.07 Å². The minimum atomic E-state index is -0.573. The molecule has 0 radical (unpaired) electrons. The second-order valence-electron chi connectivity index (χ2n) is 7.95. The number of hydrogen-bond acceptors (Lipinski definition) is 7. The average molecular weight is 485 g/mol. The fraction of sp³-hybridized carbons (Fsp3) is 0.154. The Labute approximate surface area is 209 Å². The predicted molar refractivity (Wildman–Crippen MR) is 136 cm³/mol. The Bertz CT molecular complexity index is 1300. The molecule has 2 atom stereocenters. The van der Waals surface area contributed by atoms with Crippen LogP contribution in [0.1, 0.15) is 35.6 Å². The molecule has 0 aliphatic heterocycles. The quantitative estimate of drug-likeness (QED) is 0.297. The van der Waals surface area contributed by atoms with Crippen LogP contribution < -0.4 is 15.4 Å². The molecule has 176 valence electrons. The first-order valence-electron chi connectivity index (χ1n) is 11.0. The van der Waals surface area contributed by atoms with Crippen LogP contribution in [0, 0.1) is 11.3 Å². The number of anilines is 1. The Kier molecular flexibility index (Phi) is 7.77. The molecule has 0 aliphatic rings. The van der Waals surface area contributed by atoms with E-state index in [1.54, 1.807) is 30.5 Å². The van der Waals surface area contributed by atoms with E-state index in [1.165, 1.54) is 16.5 Å². The van der Waals surface area contributed by atoms with Gasteiger partial charge in [-0.3, -0.25) is 4.79 Å². The standard InChI is InChI=1S/C26H24N6O2S/c1-18(20-9-7-19(13-27)8-10-20)14-29-25(21-5-3-2-4-6-21)26(33)31-24-12-11-22(15-28-24)34-23-16-30-32(35)17-23/h2-12,15-18,25,29,35H,14H2,1H3,(H,28,31,33). The summed E-state index contributed by atoms with van der Waals surface area (Å²) in [5.74, 6) is 1.37. The third-order valence-corrected chi connectivity index (χ3v) is 5.62. The fourth-order valence-electron chi connectivity index (χ4n) is 3.50. The monoisotopic (exact) mass is 484 g/mol. The summed E-state index contributed by atoms with van der Waals surface area (Å²) in [5.41, 5.74) is 2.56. The summed E-state index contributed by atoms with van der Waals surface area (Å²) in [7, 11) is 0. The molecular formula is C26H24N6O2S. The molecule has 8 nitrogen and oxygen atoms in total. The topological polar surface area (TPSA) is 105 Å². The zero-order chi connectivity index (χ0) is 24.6. The number of carbonyl (C=O) groups is 1. The van der Waals surface area contributed by atoms with Gasteiger partial charge >= 0.3 is 0 Å². The lowest BCUT2D eigenvalue weighted by molar-refractivity contribution is -0.118. The molecule has 2 aromatic heterocycles. The van der Waals surface area contributed by atoms with E-state index in [2.05, 4.69) is 46.5 Å². The first-order chi connectivity index (χ1) is 17.0. The number of aromatic nitrogens is 3. The van der Waals surface area contributed by atoms with Crippen molar-refractivity contribution in [3.63, 3.8) is 0 Å². The third kappa shape index (κ3) is 6.47. The van der Waals surface area contributed by atoms with E-state index in [4.69, 9.17) is 10.00 Å². The number of carbonyl (C=O) groups excluding carboxylic acids is 1. The SMILES string of the molecule is CC(CNC(C(=O)Nc1ccc(Oc2cnn(S)c2)cn1)c1ccccc1)c1ccc(C#N)cc1. The first-order valence-corrected chi connectivity index (χ1v) is 11.4. The minimum Gasteiger partial charge on any atom is -0.452 e. The number of thiol groups is 1. The summed E-state index contributed by atoms with van der Waals surface area (Å²) in [6, 6.07) is 22.0. The smallest absolute Gasteiger partial charge is 0.247 e. The predicted octanol–water partition coefficient (Wildman–Crippen LogP) is 4.71. The van der Waals surface area contributed by atoms with Crippen LogP contribution in [0.3, 0.4) is 0 Å². The first kappa shape index (κ1) is 24.0. The van der Waals surface area contributed by atoms with Gasteiger partial charge in [-0.05, 0) is 54.1 Å². The van der Waals surface area contributed by atoms with Crippen LogP contribution in [0.25, 0.3) is 0 Å². The van der Waals surface area contributed by atoms with Gasteiger partial charge in [0, 0.05) is 6.54 Å². The number of amides is 1. The molecular weight excluding hydrogens is 460 g/mol. The highest BCUT2D eigenvalue weighted by Gasteiger charge is 2.21. The van der Waals surface area contributed by atoms with Crippen molar-refractivity contribution >= 4 is 24.5 Å².